The predicted molar refractivity (Wildman–Crippen MR) is 72.5 cm³/mol. The third-order valence-electron chi connectivity index (χ3n) is 3.82. The number of benzene rings is 1. The fraction of sp³-hybridized carbons (Fsp3) is 0.571. The molecule has 2 unspecified atom stereocenters. The van der Waals surface area contributed by atoms with Gasteiger partial charge >= 0.3 is 0 Å². The third kappa shape index (κ3) is 2.93. The van der Waals surface area contributed by atoms with Crippen molar-refractivity contribution in [2.45, 2.75) is 44.0 Å². The highest BCUT2D eigenvalue weighted by Crippen LogP contribution is 2.23. The van der Waals surface area contributed by atoms with Gasteiger partial charge in [0.05, 0.1) is 11.4 Å². The maximum atomic E-state index is 11.4. The van der Waals surface area contributed by atoms with Gasteiger partial charge in [-0.3, -0.25) is 0 Å². The highest BCUT2D eigenvalue weighted by molar-refractivity contribution is 7.91. The van der Waals surface area contributed by atoms with Crippen molar-refractivity contribution in [3.05, 3.63) is 34.9 Å². The Morgan fingerprint density at radius 1 is 1.28 bits per heavy atom. The minimum Gasteiger partial charge on any atom is -0.391 e. The molecule has 0 fully saturated rings. The zero-order valence-corrected chi connectivity index (χ0v) is 11.7. The summed E-state index contributed by atoms with van der Waals surface area (Å²) in [5.41, 5.74) is 3.77. The Bertz CT molecular complexity index is 534. The largest absolute Gasteiger partial charge is 0.391 e. The van der Waals surface area contributed by atoms with Crippen molar-refractivity contribution in [2.24, 2.45) is 0 Å². The van der Waals surface area contributed by atoms with Gasteiger partial charge in [-0.05, 0) is 49.3 Å². The molecule has 100 valence electrons. The van der Waals surface area contributed by atoms with E-state index < -0.39 is 21.2 Å². The average Bonchev–Trinajstić information content (AvgIpc) is 2.73. The van der Waals surface area contributed by atoms with Crippen molar-refractivity contribution >= 4 is 9.84 Å². The quantitative estimate of drug-likeness (QED) is 0.900. The molecule has 0 aliphatic heterocycles. The van der Waals surface area contributed by atoms with E-state index in [0.29, 0.717) is 6.42 Å². The third-order valence-corrected chi connectivity index (χ3v) is 5.49. The van der Waals surface area contributed by atoms with E-state index in [-0.39, 0.29) is 0 Å². The van der Waals surface area contributed by atoms with Gasteiger partial charge in [-0.1, -0.05) is 18.2 Å². The summed E-state index contributed by atoms with van der Waals surface area (Å²) in [5, 5.41) is 9.26. The number of sulfone groups is 1. The van der Waals surface area contributed by atoms with Crippen molar-refractivity contribution in [3.8, 4) is 0 Å². The first-order valence-electron chi connectivity index (χ1n) is 6.35. The van der Waals surface area contributed by atoms with Crippen LogP contribution in [0.25, 0.3) is 0 Å². The minimum absolute atomic E-state index is 0.404. The van der Waals surface area contributed by atoms with E-state index in [0.717, 1.165) is 18.4 Å². The SMILES string of the molecule is CC(C(O)Cc1ccc2c(c1)CCC2)S(C)(=O)=O. The lowest BCUT2D eigenvalue weighted by atomic mass is 10.0. The summed E-state index contributed by atoms with van der Waals surface area (Å²) in [5.74, 6) is 0. The van der Waals surface area contributed by atoms with E-state index in [4.69, 9.17) is 0 Å². The highest BCUT2D eigenvalue weighted by atomic mass is 32.2. The Hall–Kier alpha value is -0.870. The van der Waals surface area contributed by atoms with E-state index in [1.165, 1.54) is 23.8 Å². The fourth-order valence-corrected chi connectivity index (χ4v) is 3.11. The summed E-state index contributed by atoms with van der Waals surface area (Å²) in [6, 6.07) is 6.22. The van der Waals surface area contributed by atoms with E-state index in [9.17, 15) is 13.5 Å². The van der Waals surface area contributed by atoms with Crippen LogP contribution in [-0.2, 0) is 29.1 Å². The molecule has 0 saturated carbocycles. The minimum atomic E-state index is -3.18. The van der Waals surface area contributed by atoms with Crippen LogP contribution in [-0.4, -0.2) is 31.1 Å². The number of aliphatic hydroxyl groups is 1. The molecule has 1 aliphatic rings. The van der Waals surface area contributed by atoms with Gasteiger partial charge in [-0.2, -0.15) is 0 Å². The lowest BCUT2D eigenvalue weighted by molar-refractivity contribution is 0.173. The molecular weight excluding hydrogens is 248 g/mol. The van der Waals surface area contributed by atoms with Crippen molar-refractivity contribution in [2.75, 3.05) is 6.26 Å². The normalized spacial score (nSPS) is 18.4. The molecule has 2 atom stereocenters. The fourth-order valence-electron chi connectivity index (χ4n) is 2.44. The first kappa shape index (κ1) is 13.6. The van der Waals surface area contributed by atoms with Gasteiger partial charge in [-0.15, -0.1) is 0 Å². The molecule has 0 bridgehead atoms. The Morgan fingerprint density at radius 3 is 2.61 bits per heavy atom. The van der Waals surface area contributed by atoms with Gasteiger partial charge in [0.2, 0.25) is 0 Å². The van der Waals surface area contributed by atoms with E-state index in [2.05, 4.69) is 12.1 Å². The Balaban J connectivity index is 2.10. The van der Waals surface area contributed by atoms with Gasteiger partial charge < -0.3 is 5.11 Å². The molecule has 0 saturated heterocycles. The van der Waals surface area contributed by atoms with Crippen LogP contribution in [0.3, 0.4) is 0 Å². The topological polar surface area (TPSA) is 54.4 Å². The molecule has 1 aromatic carbocycles. The summed E-state index contributed by atoms with van der Waals surface area (Å²) in [6.07, 6.45) is 4.17. The molecule has 0 heterocycles. The monoisotopic (exact) mass is 268 g/mol. The predicted octanol–water partition coefficient (Wildman–Crippen LogP) is 1.51. The van der Waals surface area contributed by atoms with Gasteiger partial charge in [0.1, 0.15) is 0 Å². The van der Waals surface area contributed by atoms with Crippen LogP contribution in [0.5, 0.6) is 0 Å². The van der Waals surface area contributed by atoms with Gasteiger partial charge in [0.15, 0.2) is 9.84 Å². The molecule has 3 nitrogen and oxygen atoms in total. The number of hydrogen-bond acceptors (Lipinski definition) is 3. The molecule has 1 N–H and O–H groups in total. The summed E-state index contributed by atoms with van der Waals surface area (Å²) in [7, 11) is -3.18. The van der Waals surface area contributed by atoms with Gasteiger partial charge in [-0.25, -0.2) is 8.42 Å². The van der Waals surface area contributed by atoms with Crippen LogP contribution in [0.2, 0.25) is 0 Å². The van der Waals surface area contributed by atoms with E-state index in [1.54, 1.807) is 6.92 Å². The lowest BCUT2D eigenvalue weighted by Gasteiger charge is -2.17. The van der Waals surface area contributed by atoms with Crippen molar-refractivity contribution < 1.29 is 13.5 Å². The Labute approximate surface area is 109 Å². The van der Waals surface area contributed by atoms with Gasteiger partial charge in [0, 0.05) is 6.26 Å². The first-order valence-corrected chi connectivity index (χ1v) is 8.31. The number of fused-ring (bicyclic) bond motifs is 1. The number of aryl methyl sites for hydroxylation is 2. The Kier molecular flexibility index (Phi) is 3.78. The average molecular weight is 268 g/mol. The second kappa shape index (κ2) is 5.02. The standard InChI is InChI=1S/C14H20O3S/c1-10(18(2,16)17)14(15)9-11-6-7-12-4-3-5-13(12)8-11/h6-8,10,14-15H,3-5,9H2,1-2H3. The zero-order chi connectivity index (χ0) is 13.3. The van der Waals surface area contributed by atoms with Crippen LogP contribution in [0, 0.1) is 0 Å². The van der Waals surface area contributed by atoms with E-state index in [1.807, 2.05) is 6.07 Å². The molecular formula is C14H20O3S. The van der Waals surface area contributed by atoms with Crippen LogP contribution in [0.15, 0.2) is 18.2 Å². The highest BCUT2D eigenvalue weighted by Gasteiger charge is 2.24. The summed E-state index contributed by atoms with van der Waals surface area (Å²) in [6.45, 7) is 1.56. The van der Waals surface area contributed by atoms with Crippen molar-refractivity contribution in [3.63, 3.8) is 0 Å². The molecule has 0 spiro atoms. The molecule has 1 aliphatic carbocycles. The molecule has 1 aromatic rings. The van der Waals surface area contributed by atoms with Crippen LogP contribution in [0.4, 0.5) is 0 Å². The second-order valence-electron chi connectivity index (χ2n) is 5.26. The second-order valence-corrected chi connectivity index (χ2v) is 7.67. The molecule has 18 heavy (non-hydrogen) atoms. The molecule has 0 aromatic heterocycles. The van der Waals surface area contributed by atoms with Crippen LogP contribution < -0.4 is 0 Å². The van der Waals surface area contributed by atoms with Gasteiger partial charge in [0.25, 0.3) is 0 Å². The molecule has 2 rings (SSSR count). The van der Waals surface area contributed by atoms with Crippen LogP contribution >= 0.6 is 0 Å². The smallest absolute Gasteiger partial charge is 0.152 e. The molecule has 0 radical (unpaired) electrons. The molecule has 4 heteroatoms. The zero-order valence-electron chi connectivity index (χ0n) is 10.9. The maximum absolute atomic E-state index is 11.4. The maximum Gasteiger partial charge on any atom is 0.152 e. The number of aliphatic hydroxyl groups excluding tert-OH is 1. The number of rotatable bonds is 4. The lowest BCUT2D eigenvalue weighted by Crippen LogP contribution is -2.32. The van der Waals surface area contributed by atoms with Crippen molar-refractivity contribution in [1.82, 2.24) is 0 Å². The van der Waals surface area contributed by atoms with Crippen LogP contribution in [0.1, 0.15) is 30.0 Å². The number of hydrogen-bond donors (Lipinski definition) is 1. The molecule has 0 amide bonds. The summed E-state index contributed by atoms with van der Waals surface area (Å²) in [4.78, 5) is 0. The summed E-state index contributed by atoms with van der Waals surface area (Å²) < 4.78 is 22.8. The van der Waals surface area contributed by atoms with Crippen molar-refractivity contribution in [1.29, 1.82) is 0 Å². The summed E-state index contributed by atoms with van der Waals surface area (Å²) >= 11 is 0. The first-order chi connectivity index (χ1) is 8.38. The van der Waals surface area contributed by atoms with E-state index >= 15 is 0 Å². The Morgan fingerprint density at radius 2 is 1.94 bits per heavy atom.